The van der Waals surface area contributed by atoms with Crippen molar-refractivity contribution in [3.8, 4) is 0 Å². The molecule has 1 heterocycles. The summed E-state index contributed by atoms with van der Waals surface area (Å²) in [4.78, 5) is 1.24. The first-order valence-corrected chi connectivity index (χ1v) is 5.17. The summed E-state index contributed by atoms with van der Waals surface area (Å²) in [5, 5.41) is 22.8. The number of thiophene rings is 1. The molecule has 0 aliphatic heterocycles. The maximum atomic E-state index is 9.10. The zero-order valence-electron chi connectivity index (χ0n) is 7.60. The number of rotatable bonds is 5. The Morgan fingerprint density at radius 1 is 1.62 bits per heavy atom. The van der Waals surface area contributed by atoms with Crippen LogP contribution in [0.1, 0.15) is 17.8 Å². The van der Waals surface area contributed by atoms with Crippen LogP contribution in [0.4, 0.5) is 0 Å². The van der Waals surface area contributed by atoms with Gasteiger partial charge in [-0.25, -0.2) is 0 Å². The van der Waals surface area contributed by atoms with E-state index in [-0.39, 0.29) is 12.6 Å². The maximum Gasteiger partial charge on any atom is 0.0895 e. The highest BCUT2D eigenvalue weighted by Gasteiger charge is 2.07. The molecule has 0 aliphatic rings. The molecule has 4 heteroatoms. The first kappa shape index (κ1) is 10.7. The van der Waals surface area contributed by atoms with E-state index in [1.807, 2.05) is 24.4 Å². The molecule has 0 spiro atoms. The van der Waals surface area contributed by atoms with Crippen molar-refractivity contribution >= 4 is 11.3 Å². The van der Waals surface area contributed by atoms with Crippen LogP contribution >= 0.6 is 11.3 Å². The minimum absolute atomic E-state index is 0.190. The molecular weight excluding hydrogens is 186 g/mol. The lowest BCUT2D eigenvalue weighted by Crippen LogP contribution is -2.30. The molecule has 74 valence electrons. The number of aliphatic hydroxyl groups excluding tert-OH is 2. The third kappa shape index (κ3) is 3.44. The Kier molecular flexibility index (Phi) is 4.38. The van der Waals surface area contributed by atoms with Gasteiger partial charge >= 0.3 is 0 Å². The fourth-order valence-corrected chi connectivity index (χ4v) is 1.77. The Hall–Kier alpha value is -0.420. The van der Waals surface area contributed by atoms with Gasteiger partial charge in [0.1, 0.15) is 0 Å². The second-order valence-electron chi connectivity index (χ2n) is 2.98. The van der Waals surface area contributed by atoms with Crippen molar-refractivity contribution < 1.29 is 10.2 Å². The van der Waals surface area contributed by atoms with Crippen molar-refractivity contribution in [2.75, 3.05) is 13.2 Å². The molecule has 2 atom stereocenters. The van der Waals surface area contributed by atoms with Crippen molar-refractivity contribution in [1.82, 2.24) is 5.32 Å². The minimum atomic E-state index is -0.664. The Bertz CT molecular complexity index is 226. The van der Waals surface area contributed by atoms with E-state index in [1.165, 1.54) is 4.88 Å². The molecule has 0 aromatic carbocycles. The van der Waals surface area contributed by atoms with E-state index >= 15 is 0 Å². The lowest BCUT2D eigenvalue weighted by molar-refractivity contribution is 0.0925. The highest BCUT2D eigenvalue weighted by molar-refractivity contribution is 7.10. The number of nitrogens with one attached hydrogen (secondary N) is 1. The Balaban J connectivity index is 2.30. The predicted octanol–water partition coefficient (Wildman–Crippen LogP) is 0.752. The number of hydrogen-bond acceptors (Lipinski definition) is 4. The Labute approximate surface area is 82.0 Å². The predicted molar refractivity (Wildman–Crippen MR) is 53.8 cm³/mol. The van der Waals surface area contributed by atoms with Crippen LogP contribution in [0.2, 0.25) is 0 Å². The van der Waals surface area contributed by atoms with Gasteiger partial charge in [-0.1, -0.05) is 6.07 Å². The molecule has 1 aromatic rings. The first-order valence-electron chi connectivity index (χ1n) is 4.29. The van der Waals surface area contributed by atoms with Gasteiger partial charge in [-0.2, -0.15) is 0 Å². The van der Waals surface area contributed by atoms with Crippen LogP contribution in [0.3, 0.4) is 0 Å². The average Bonchev–Trinajstić information content (AvgIpc) is 2.66. The summed E-state index contributed by atoms with van der Waals surface area (Å²) >= 11 is 1.68. The fourth-order valence-electron chi connectivity index (χ4n) is 1.02. The monoisotopic (exact) mass is 201 g/mol. The van der Waals surface area contributed by atoms with Crippen molar-refractivity contribution in [3.63, 3.8) is 0 Å². The van der Waals surface area contributed by atoms with Crippen molar-refractivity contribution in [2.24, 2.45) is 0 Å². The van der Waals surface area contributed by atoms with E-state index < -0.39 is 6.10 Å². The molecule has 13 heavy (non-hydrogen) atoms. The molecule has 0 fully saturated rings. The van der Waals surface area contributed by atoms with Crippen LogP contribution in [-0.4, -0.2) is 29.5 Å². The summed E-state index contributed by atoms with van der Waals surface area (Å²) in [6, 6.07) is 4.29. The van der Waals surface area contributed by atoms with Crippen LogP contribution < -0.4 is 5.32 Å². The number of aliphatic hydroxyl groups is 2. The van der Waals surface area contributed by atoms with Crippen LogP contribution in [0.15, 0.2) is 17.5 Å². The van der Waals surface area contributed by atoms with Gasteiger partial charge in [-0.05, 0) is 18.4 Å². The van der Waals surface area contributed by atoms with Gasteiger partial charge in [0.25, 0.3) is 0 Å². The van der Waals surface area contributed by atoms with Crippen molar-refractivity contribution in [2.45, 2.75) is 19.1 Å². The Morgan fingerprint density at radius 2 is 2.38 bits per heavy atom. The molecule has 0 aliphatic carbocycles. The van der Waals surface area contributed by atoms with Gasteiger partial charge in [0.15, 0.2) is 0 Å². The van der Waals surface area contributed by atoms with Gasteiger partial charge in [0.2, 0.25) is 0 Å². The highest BCUT2D eigenvalue weighted by atomic mass is 32.1. The topological polar surface area (TPSA) is 52.5 Å². The van der Waals surface area contributed by atoms with E-state index in [1.54, 1.807) is 11.3 Å². The van der Waals surface area contributed by atoms with Crippen LogP contribution in [0.5, 0.6) is 0 Å². The summed E-state index contributed by atoms with van der Waals surface area (Å²) in [6.45, 7) is 2.27. The van der Waals surface area contributed by atoms with E-state index in [2.05, 4.69) is 5.32 Å². The molecular formula is C9H15NO2S. The van der Waals surface area contributed by atoms with Crippen LogP contribution in [0, 0.1) is 0 Å². The van der Waals surface area contributed by atoms with Crippen LogP contribution in [0.25, 0.3) is 0 Å². The summed E-state index contributed by atoms with van der Waals surface area (Å²) in [6.07, 6.45) is -0.664. The largest absolute Gasteiger partial charge is 0.394 e. The maximum absolute atomic E-state index is 9.10. The molecule has 0 amide bonds. The molecule has 3 N–H and O–H groups in total. The molecule has 0 radical (unpaired) electrons. The fraction of sp³-hybridized carbons (Fsp3) is 0.556. The van der Waals surface area contributed by atoms with Gasteiger partial charge in [0, 0.05) is 17.5 Å². The van der Waals surface area contributed by atoms with Gasteiger partial charge in [0.05, 0.1) is 12.7 Å². The van der Waals surface area contributed by atoms with Crippen molar-refractivity contribution in [1.29, 1.82) is 0 Å². The van der Waals surface area contributed by atoms with Crippen LogP contribution in [-0.2, 0) is 0 Å². The molecule has 1 rings (SSSR count). The summed E-state index contributed by atoms with van der Waals surface area (Å²) in [5.74, 6) is 0. The normalized spacial score (nSPS) is 15.6. The lowest BCUT2D eigenvalue weighted by atomic mass is 10.2. The van der Waals surface area contributed by atoms with E-state index in [9.17, 15) is 0 Å². The minimum Gasteiger partial charge on any atom is -0.394 e. The highest BCUT2D eigenvalue weighted by Crippen LogP contribution is 2.17. The molecule has 3 nitrogen and oxygen atoms in total. The summed E-state index contributed by atoms with van der Waals surface area (Å²) < 4.78 is 0. The molecule has 0 bridgehead atoms. The van der Waals surface area contributed by atoms with E-state index in [0.29, 0.717) is 6.54 Å². The van der Waals surface area contributed by atoms with E-state index in [4.69, 9.17) is 10.2 Å². The zero-order chi connectivity index (χ0) is 9.68. The zero-order valence-corrected chi connectivity index (χ0v) is 8.42. The lowest BCUT2D eigenvalue weighted by Gasteiger charge is -2.14. The molecule has 0 saturated carbocycles. The van der Waals surface area contributed by atoms with Crippen molar-refractivity contribution in [3.05, 3.63) is 22.4 Å². The first-order chi connectivity index (χ1) is 6.24. The number of hydrogen-bond donors (Lipinski definition) is 3. The summed E-state index contributed by atoms with van der Waals surface area (Å²) in [7, 11) is 0. The Morgan fingerprint density at radius 3 is 2.92 bits per heavy atom. The smallest absolute Gasteiger partial charge is 0.0895 e. The second kappa shape index (κ2) is 5.34. The molecule has 1 aromatic heterocycles. The standard InChI is InChI=1S/C9H15NO2S/c1-7(9-3-2-4-13-9)10-5-8(12)6-11/h2-4,7-8,10-12H,5-6H2,1H3/t7-,8?/m0/s1. The third-order valence-corrected chi connectivity index (χ3v) is 2.90. The van der Waals surface area contributed by atoms with E-state index in [0.717, 1.165) is 0 Å². The second-order valence-corrected chi connectivity index (χ2v) is 3.96. The third-order valence-electron chi connectivity index (χ3n) is 1.84. The molecule has 1 unspecified atom stereocenters. The average molecular weight is 201 g/mol. The summed E-state index contributed by atoms with van der Waals surface area (Å²) in [5.41, 5.74) is 0. The quantitative estimate of drug-likeness (QED) is 0.659. The molecule has 0 saturated heterocycles. The van der Waals surface area contributed by atoms with Gasteiger partial charge in [-0.3, -0.25) is 0 Å². The van der Waals surface area contributed by atoms with Gasteiger partial charge in [-0.15, -0.1) is 11.3 Å². The SMILES string of the molecule is C[C@H](NCC(O)CO)c1cccs1. The van der Waals surface area contributed by atoms with Gasteiger partial charge < -0.3 is 15.5 Å².